The average Bonchev–Trinajstić information content (AvgIpc) is 3.18. The van der Waals surface area contributed by atoms with E-state index in [4.69, 9.17) is 11.6 Å². The number of nitrogens with one attached hydrogen (secondary N) is 1. The summed E-state index contributed by atoms with van der Waals surface area (Å²) in [4.78, 5) is 21.3. The first-order chi connectivity index (χ1) is 15.1. The molecule has 31 heavy (non-hydrogen) atoms. The Balaban J connectivity index is 1.52. The van der Waals surface area contributed by atoms with Crippen molar-refractivity contribution in [1.29, 1.82) is 0 Å². The molecule has 3 aromatic heterocycles. The molecule has 0 radical (unpaired) electrons. The van der Waals surface area contributed by atoms with Gasteiger partial charge in [-0.1, -0.05) is 35.9 Å². The number of aromatic amines is 1. The molecule has 0 aliphatic carbocycles. The minimum atomic E-state index is 0.396. The molecule has 0 saturated carbocycles. The molecule has 1 atom stereocenters. The van der Waals surface area contributed by atoms with Gasteiger partial charge in [0.15, 0.2) is 0 Å². The number of H-pyrrole nitrogens is 1. The molecule has 1 aliphatic rings. The van der Waals surface area contributed by atoms with Crippen LogP contribution in [0.25, 0.3) is 33.4 Å². The summed E-state index contributed by atoms with van der Waals surface area (Å²) < 4.78 is 0. The van der Waals surface area contributed by atoms with Gasteiger partial charge in [0.1, 0.15) is 12.0 Å². The van der Waals surface area contributed by atoms with E-state index in [9.17, 15) is 0 Å². The number of hydrogen-bond donors (Lipinski definition) is 1. The van der Waals surface area contributed by atoms with Crippen LogP contribution in [-0.4, -0.2) is 63.0 Å². The van der Waals surface area contributed by atoms with Gasteiger partial charge in [0.2, 0.25) is 0 Å². The zero-order valence-electron chi connectivity index (χ0n) is 17.7. The number of hydrogen-bond acceptors (Lipinski definition) is 5. The number of piperazine rings is 1. The van der Waals surface area contributed by atoms with Crippen molar-refractivity contribution < 1.29 is 0 Å². The summed E-state index contributed by atoms with van der Waals surface area (Å²) >= 11 is 6.26. The van der Waals surface area contributed by atoms with Crippen LogP contribution < -0.4 is 0 Å². The normalized spacial score (nSPS) is 16.6. The van der Waals surface area contributed by atoms with Gasteiger partial charge in [0, 0.05) is 67.3 Å². The lowest BCUT2D eigenvalue weighted by Crippen LogP contribution is -2.45. The van der Waals surface area contributed by atoms with E-state index in [0.717, 1.165) is 59.6 Å². The molecule has 6 nitrogen and oxygen atoms in total. The van der Waals surface area contributed by atoms with Crippen molar-refractivity contribution in [2.45, 2.75) is 13.0 Å². The van der Waals surface area contributed by atoms with Crippen LogP contribution in [0, 0.1) is 0 Å². The first-order valence-electron chi connectivity index (χ1n) is 10.6. The van der Waals surface area contributed by atoms with Crippen molar-refractivity contribution >= 4 is 22.6 Å². The molecule has 4 aromatic rings. The topological polar surface area (TPSA) is 60.9 Å². The summed E-state index contributed by atoms with van der Waals surface area (Å²) in [5.41, 5.74) is 6.18. The first-order valence-corrected chi connectivity index (χ1v) is 10.9. The first kappa shape index (κ1) is 20.1. The maximum Gasteiger partial charge on any atom is 0.138 e. The molecule has 1 saturated heterocycles. The highest BCUT2D eigenvalue weighted by molar-refractivity contribution is 6.31. The average molecular weight is 433 g/mol. The smallest absolute Gasteiger partial charge is 0.138 e. The Morgan fingerprint density at radius 1 is 0.968 bits per heavy atom. The molecule has 1 aliphatic heterocycles. The zero-order chi connectivity index (χ0) is 21.4. The fourth-order valence-electron chi connectivity index (χ4n) is 4.34. The number of halogens is 1. The molecule has 1 aromatic carbocycles. The largest absolute Gasteiger partial charge is 0.339 e. The third kappa shape index (κ3) is 3.94. The van der Waals surface area contributed by atoms with Gasteiger partial charge >= 0.3 is 0 Å². The third-order valence-electron chi connectivity index (χ3n) is 6.23. The Hall–Kier alpha value is -2.80. The van der Waals surface area contributed by atoms with Crippen molar-refractivity contribution in [3.63, 3.8) is 0 Å². The van der Waals surface area contributed by atoms with Gasteiger partial charge < -0.3 is 9.88 Å². The fourth-order valence-corrected chi connectivity index (χ4v) is 4.50. The van der Waals surface area contributed by atoms with Gasteiger partial charge in [-0.25, -0.2) is 15.0 Å². The number of rotatable bonds is 4. The van der Waals surface area contributed by atoms with Gasteiger partial charge in [0.25, 0.3) is 0 Å². The van der Waals surface area contributed by atoms with E-state index in [1.165, 1.54) is 11.9 Å². The second-order valence-corrected chi connectivity index (χ2v) is 8.63. The van der Waals surface area contributed by atoms with Gasteiger partial charge in [0.05, 0.1) is 10.7 Å². The molecule has 4 heterocycles. The molecule has 0 bridgehead atoms. The molecular weight excluding hydrogens is 408 g/mol. The summed E-state index contributed by atoms with van der Waals surface area (Å²) in [5, 5.41) is 1.57. The highest BCUT2D eigenvalue weighted by atomic mass is 35.5. The molecule has 158 valence electrons. The van der Waals surface area contributed by atoms with E-state index in [0.29, 0.717) is 11.1 Å². The zero-order valence-corrected chi connectivity index (χ0v) is 18.5. The molecular formula is C24H25ClN6. The molecule has 1 unspecified atom stereocenters. The summed E-state index contributed by atoms with van der Waals surface area (Å²) in [6, 6.07) is 11.2. The van der Waals surface area contributed by atoms with E-state index in [1.54, 1.807) is 6.20 Å². The van der Waals surface area contributed by atoms with E-state index < -0.39 is 0 Å². The lowest BCUT2D eigenvalue weighted by molar-refractivity contribution is 0.119. The highest BCUT2D eigenvalue weighted by Crippen LogP contribution is 2.38. The van der Waals surface area contributed by atoms with Gasteiger partial charge in [-0.05, 0) is 31.2 Å². The summed E-state index contributed by atoms with van der Waals surface area (Å²) in [6.07, 6.45) is 6.85. The van der Waals surface area contributed by atoms with Gasteiger partial charge in [-0.2, -0.15) is 0 Å². The SMILES string of the molecule is CC(c1ccc(-c2[nH]c3ncc(Cl)cc3c2-c2cncnc2)cc1)N1CCN(C)CC1. The number of fused-ring (bicyclic) bond motifs is 1. The Morgan fingerprint density at radius 3 is 2.39 bits per heavy atom. The van der Waals surface area contributed by atoms with Crippen molar-refractivity contribution in [2.24, 2.45) is 0 Å². The Bertz CT molecular complexity index is 1180. The quantitative estimate of drug-likeness (QED) is 0.508. The van der Waals surface area contributed by atoms with Crippen LogP contribution in [0.5, 0.6) is 0 Å². The van der Waals surface area contributed by atoms with Crippen molar-refractivity contribution in [2.75, 3.05) is 33.2 Å². The number of nitrogens with zero attached hydrogens (tertiary/aromatic N) is 5. The lowest BCUT2D eigenvalue weighted by atomic mass is 9.98. The summed E-state index contributed by atoms with van der Waals surface area (Å²) in [6.45, 7) is 6.74. The van der Waals surface area contributed by atoms with Crippen LogP contribution in [0.15, 0.2) is 55.2 Å². The molecule has 0 spiro atoms. The highest BCUT2D eigenvalue weighted by Gasteiger charge is 2.21. The minimum absolute atomic E-state index is 0.396. The van der Waals surface area contributed by atoms with E-state index in [1.807, 2.05) is 18.5 Å². The molecule has 5 rings (SSSR count). The van der Waals surface area contributed by atoms with Crippen LogP contribution >= 0.6 is 11.6 Å². The van der Waals surface area contributed by atoms with Crippen LogP contribution in [0.2, 0.25) is 5.02 Å². The molecule has 7 heteroatoms. The molecule has 0 amide bonds. The predicted octanol–water partition coefficient (Wildman–Crippen LogP) is 4.65. The predicted molar refractivity (Wildman–Crippen MR) is 125 cm³/mol. The van der Waals surface area contributed by atoms with Crippen LogP contribution in [0.1, 0.15) is 18.5 Å². The maximum atomic E-state index is 6.26. The van der Waals surface area contributed by atoms with E-state index in [2.05, 4.69) is 68.0 Å². The number of likely N-dealkylation sites (N-methyl/N-ethyl adjacent to an activating group) is 1. The summed E-state index contributed by atoms with van der Waals surface area (Å²) in [7, 11) is 2.19. The number of pyridine rings is 1. The van der Waals surface area contributed by atoms with Crippen molar-refractivity contribution in [3.05, 3.63) is 65.8 Å². The monoisotopic (exact) mass is 432 g/mol. The number of benzene rings is 1. The van der Waals surface area contributed by atoms with Gasteiger partial charge in [-0.3, -0.25) is 4.90 Å². The molecule has 1 N–H and O–H groups in total. The standard InChI is InChI=1S/C24H25ClN6/c1-16(31-9-7-30(2)8-10-31)17-3-5-18(6-4-17)23-22(19-12-26-15-27-13-19)21-11-20(25)14-28-24(21)29-23/h3-6,11-16H,7-10H2,1-2H3,(H,28,29). The Morgan fingerprint density at radius 2 is 1.68 bits per heavy atom. The maximum absolute atomic E-state index is 6.26. The lowest BCUT2D eigenvalue weighted by Gasteiger charge is -2.36. The summed E-state index contributed by atoms with van der Waals surface area (Å²) in [5.74, 6) is 0. The Kier molecular flexibility index (Phi) is 5.44. The minimum Gasteiger partial charge on any atom is -0.339 e. The Labute approximate surface area is 186 Å². The van der Waals surface area contributed by atoms with E-state index >= 15 is 0 Å². The van der Waals surface area contributed by atoms with Gasteiger partial charge in [-0.15, -0.1) is 0 Å². The van der Waals surface area contributed by atoms with Crippen molar-refractivity contribution in [3.8, 4) is 22.4 Å². The second-order valence-electron chi connectivity index (χ2n) is 8.19. The van der Waals surface area contributed by atoms with Crippen LogP contribution in [-0.2, 0) is 0 Å². The van der Waals surface area contributed by atoms with Crippen LogP contribution in [0.3, 0.4) is 0 Å². The fraction of sp³-hybridized carbons (Fsp3) is 0.292. The van der Waals surface area contributed by atoms with Crippen LogP contribution in [0.4, 0.5) is 0 Å². The molecule has 1 fully saturated rings. The van der Waals surface area contributed by atoms with E-state index in [-0.39, 0.29) is 0 Å². The second kappa shape index (κ2) is 8.38. The third-order valence-corrected chi connectivity index (χ3v) is 6.44. The van der Waals surface area contributed by atoms with Crippen molar-refractivity contribution in [1.82, 2.24) is 29.7 Å². The number of aromatic nitrogens is 4.